The molecule has 2 heterocycles. The van der Waals surface area contributed by atoms with Crippen molar-refractivity contribution in [2.24, 2.45) is 0 Å². The summed E-state index contributed by atoms with van der Waals surface area (Å²) in [4.78, 5) is 17.6. The Kier molecular flexibility index (Phi) is 5.73. The summed E-state index contributed by atoms with van der Waals surface area (Å²) < 4.78 is 5.89. The molecule has 132 valence electrons. The number of hydrogen-bond donors (Lipinski definition) is 1. The van der Waals surface area contributed by atoms with Gasteiger partial charge in [-0.25, -0.2) is 0 Å². The second kappa shape index (κ2) is 7.82. The van der Waals surface area contributed by atoms with Crippen LogP contribution in [0.2, 0.25) is 0 Å². The molecule has 0 bridgehead atoms. The first-order valence-electron chi connectivity index (χ1n) is 7.79. The molecule has 0 atom stereocenters. The SMILES string of the molecule is CCN1C(=O)C(=CC=C2Sc3ccc(OC)cc3N2CCO)SC1=S. The Morgan fingerprint density at radius 2 is 2.08 bits per heavy atom. The van der Waals surface area contributed by atoms with Crippen LogP contribution in [0.3, 0.4) is 0 Å². The highest BCUT2D eigenvalue weighted by Crippen LogP contribution is 2.47. The largest absolute Gasteiger partial charge is 0.497 e. The summed E-state index contributed by atoms with van der Waals surface area (Å²) in [6.07, 6.45) is 3.72. The Labute approximate surface area is 160 Å². The fourth-order valence-electron chi connectivity index (χ4n) is 2.60. The van der Waals surface area contributed by atoms with Crippen LogP contribution in [0.1, 0.15) is 6.92 Å². The van der Waals surface area contributed by atoms with E-state index in [0.29, 0.717) is 22.3 Å². The number of thiocarbonyl (C=S) groups is 1. The number of thioether (sulfide) groups is 2. The summed E-state index contributed by atoms with van der Waals surface area (Å²) in [5.41, 5.74) is 0.999. The molecule has 1 N–H and O–H groups in total. The smallest absolute Gasteiger partial charge is 0.266 e. The zero-order chi connectivity index (χ0) is 18.0. The molecule has 3 rings (SSSR count). The molecule has 0 aliphatic carbocycles. The third kappa shape index (κ3) is 3.57. The van der Waals surface area contributed by atoms with Crippen molar-refractivity contribution < 1.29 is 14.6 Å². The van der Waals surface area contributed by atoms with Crippen molar-refractivity contribution in [3.05, 3.63) is 40.3 Å². The van der Waals surface area contributed by atoms with Gasteiger partial charge in [0.1, 0.15) is 10.1 Å². The third-order valence-electron chi connectivity index (χ3n) is 3.83. The molecule has 2 aliphatic rings. The lowest BCUT2D eigenvalue weighted by Gasteiger charge is -2.19. The third-order valence-corrected chi connectivity index (χ3v) is 6.35. The van der Waals surface area contributed by atoms with Crippen LogP contribution in [0.25, 0.3) is 0 Å². The highest BCUT2D eigenvalue weighted by molar-refractivity contribution is 8.26. The normalized spacial score (nSPS) is 20.1. The Balaban J connectivity index is 1.89. The summed E-state index contributed by atoms with van der Waals surface area (Å²) in [7, 11) is 1.63. The number of hydrogen-bond acceptors (Lipinski definition) is 7. The Hall–Kier alpha value is -1.48. The number of carbonyl (C=O) groups is 1. The maximum Gasteiger partial charge on any atom is 0.266 e. The summed E-state index contributed by atoms with van der Waals surface area (Å²) >= 11 is 8.16. The zero-order valence-electron chi connectivity index (χ0n) is 13.9. The van der Waals surface area contributed by atoms with Gasteiger partial charge in [0, 0.05) is 24.1 Å². The van der Waals surface area contributed by atoms with Gasteiger partial charge in [-0.05, 0) is 31.2 Å². The van der Waals surface area contributed by atoms with E-state index in [0.717, 1.165) is 21.4 Å². The quantitative estimate of drug-likeness (QED) is 0.608. The number of aliphatic hydroxyl groups is 1. The first kappa shape index (κ1) is 18.3. The molecule has 1 saturated heterocycles. The van der Waals surface area contributed by atoms with Gasteiger partial charge in [0.15, 0.2) is 0 Å². The lowest BCUT2D eigenvalue weighted by molar-refractivity contribution is -0.122. The van der Waals surface area contributed by atoms with E-state index in [-0.39, 0.29) is 12.5 Å². The van der Waals surface area contributed by atoms with Crippen molar-refractivity contribution in [2.75, 3.05) is 31.7 Å². The zero-order valence-corrected chi connectivity index (χ0v) is 16.3. The molecule has 2 aliphatic heterocycles. The minimum atomic E-state index is -0.0507. The second-order valence-electron chi connectivity index (χ2n) is 5.26. The maximum absolute atomic E-state index is 12.3. The van der Waals surface area contributed by atoms with Gasteiger partial charge < -0.3 is 14.7 Å². The molecule has 0 aromatic heterocycles. The second-order valence-corrected chi connectivity index (χ2v) is 8.00. The first-order chi connectivity index (χ1) is 12.1. The fraction of sp³-hybridized carbons (Fsp3) is 0.294. The lowest BCUT2D eigenvalue weighted by Crippen LogP contribution is -2.27. The van der Waals surface area contributed by atoms with Crippen molar-refractivity contribution in [3.63, 3.8) is 0 Å². The van der Waals surface area contributed by atoms with Gasteiger partial charge in [0.2, 0.25) is 0 Å². The molecule has 0 saturated carbocycles. The van der Waals surface area contributed by atoms with Crippen LogP contribution in [0.5, 0.6) is 5.75 Å². The molecular weight excluding hydrogens is 376 g/mol. The Morgan fingerprint density at radius 3 is 2.72 bits per heavy atom. The summed E-state index contributed by atoms with van der Waals surface area (Å²) in [5.74, 6) is 0.720. The van der Waals surface area contributed by atoms with Gasteiger partial charge >= 0.3 is 0 Å². The van der Waals surface area contributed by atoms with Crippen LogP contribution >= 0.6 is 35.7 Å². The van der Waals surface area contributed by atoms with Crippen molar-refractivity contribution >= 4 is 51.7 Å². The number of methoxy groups -OCH3 is 1. The molecule has 1 amide bonds. The standard InChI is InChI=1S/C17H18N2O3S3/c1-3-18-16(21)14(25-17(18)23)6-7-15-19(8-9-20)12-10-11(22-2)4-5-13(12)24-15/h4-7,10,20H,3,8-9H2,1-2H3. The van der Waals surface area contributed by atoms with Crippen molar-refractivity contribution in [3.8, 4) is 5.75 Å². The molecule has 0 unspecified atom stereocenters. The van der Waals surface area contributed by atoms with Crippen molar-refractivity contribution in [1.82, 2.24) is 4.90 Å². The molecule has 1 aromatic rings. The van der Waals surface area contributed by atoms with E-state index in [4.69, 9.17) is 17.0 Å². The number of likely N-dealkylation sites (N-methyl/N-ethyl adjacent to an activating group) is 1. The number of nitrogens with zero attached hydrogens (tertiary/aromatic N) is 2. The topological polar surface area (TPSA) is 53.0 Å². The number of fused-ring (bicyclic) bond motifs is 1. The number of ether oxygens (including phenoxy) is 1. The van der Waals surface area contributed by atoms with Crippen LogP contribution in [-0.4, -0.2) is 47.0 Å². The minimum Gasteiger partial charge on any atom is -0.497 e. The van der Waals surface area contributed by atoms with E-state index in [9.17, 15) is 9.90 Å². The summed E-state index contributed by atoms with van der Waals surface area (Å²) in [6.45, 7) is 3.00. The predicted molar refractivity (Wildman–Crippen MR) is 107 cm³/mol. The number of allylic oxidation sites excluding steroid dienone is 2. The first-order valence-corrected chi connectivity index (χ1v) is 9.83. The minimum absolute atomic E-state index is 0.0342. The molecular formula is C17H18N2O3S3. The average Bonchev–Trinajstić information content (AvgIpc) is 3.09. The molecule has 1 aromatic carbocycles. The van der Waals surface area contributed by atoms with Crippen LogP contribution in [-0.2, 0) is 4.79 Å². The van der Waals surface area contributed by atoms with E-state index in [1.165, 1.54) is 11.8 Å². The number of β-amino-alcohol motifs (C(OH)–C–C–N with tert-alkyl or cyclic N) is 1. The number of anilines is 1. The monoisotopic (exact) mass is 394 g/mol. The van der Waals surface area contributed by atoms with E-state index < -0.39 is 0 Å². The molecule has 0 radical (unpaired) electrons. The van der Waals surface area contributed by atoms with Gasteiger partial charge in [0.25, 0.3) is 5.91 Å². The van der Waals surface area contributed by atoms with Gasteiger partial charge in [0.05, 0.1) is 29.3 Å². The van der Waals surface area contributed by atoms with E-state index in [1.54, 1.807) is 23.8 Å². The highest BCUT2D eigenvalue weighted by atomic mass is 32.2. The van der Waals surface area contributed by atoms with Gasteiger partial charge in [-0.1, -0.05) is 35.7 Å². The van der Waals surface area contributed by atoms with Crippen LogP contribution < -0.4 is 9.64 Å². The number of amides is 1. The molecule has 5 nitrogen and oxygen atoms in total. The van der Waals surface area contributed by atoms with Crippen LogP contribution in [0, 0.1) is 0 Å². The van der Waals surface area contributed by atoms with E-state index in [1.807, 2.05) is 42.2 Å². The van der Waals surface area contributed by atoms with Crippen LogP contribution in [0.15, 0.2) is 45.2 Å². The molecule has 25 heavy (non-hydrogen) atoms. The number of benzene rings is 1. The predicted octanol–water partition coefficient (Wildman–Crippen LogP) is 3.21. The summed E-state index contributed by atoms with van der Waals surface area (Å²) in [6, 6.07) is 5.87. The maximum atomic E-state index is 12.3. The fourth-order valence-corrected chi connectivity index (χ4v) is 4.99. The Bertz CT molecular complexity index is 776. The molecule has 1 fully saturated rings. The number of rotatable bonds is 5. The lowest BCUT2D eigenvalue weighted by atomic mass is 10.2. The van der Waals surface area contributed by atoms with Crippen LogP contribution in [0.4, 0.5) is 5.69 Å². The Morgan fingerprint density at radius 1 is 1.28 bits per heavy atom. The molecule has 0 spiro atoms. The van der Waals surface area contributed by atoms with E-state index in [2.05, 4.69) is 0 Å². The van der Waals surface area contributed by atoms with Gasteiger partial charge in [-0.2, -0.15) is 0 Å². The number of carbonyl (C=O) groups excluding carboxylic acids is 1. The van der Waals surface area contributed by atoms with Gasteiger partial charge in [-0.15, -0.1) is 0 Å². The summed E-state index contributed by atoms with van der Waals surface area (Å²) in [5, 5.41) is 10.4. The average molecular weight is 395 g/mol. The van der Waals surface area contributed by atoms with Gasteiger partial charge in [-0.3, -0.25) is 9.69 Å². The molecule has 8 heteroatoms. The van der Waals surface area contributed by atoms with Crippen molar-refractivity contribution in [2.45, 2.75) is 11.8 Å². The highest BCUT2D eigenvalue weighted by Gasteiger charge is 2.31. The van der Waals surface area contributed by atoms with E-state index >= 15 is 0 Å². The van der Waals surface area contributed by atoms with Crippen molar-refractivity contribution in [1.29, 1.82) is 0 Å². The number of aliphatic hydroxyl groups excluding tert-OH is 1.